The van der Waals surface area contributed by atoms with Crippen molar-refractivity contribution >= 4 is 5.97 Å². The summed E-state index contributed by atoms with van der Waals surface area (Å²) in [5.41, 5.74) is 1.09. The van der Waals surface area contributed by atoms with Gasteiger partial charge in [-0.05, 0) is 12.5 Å². The summed E-state index contributed by atoms with van der Waals surface area (Å²) in [7, 11) is 0. The predicted molar refractivity (Wildman–Crippen MR) is 44.5 cm³/mol. The first-order valence-corrected chi connectivity index (χ1v) is 4.12. The molecule has 2 rings (SSSR count). The van der Waals surface area contributed by atoms with Crippen molar-refractivity contribution in [1.82, 2.24) is 5.32 Å². The van der Waals surface area contributed by atoms with Crippen LogP contribution in [0.3, 0.4) is 0 Å². The first-order valence-electron chi connectivity index (χ1n) is 4.12. The number of carbonyl (C=O) groups is 1. The molecule has 1 aliphatic carbocycles. The van der Waals surface area contributed by atoms with Crippen LogP contribution in [-0.4, -0.2) is 17.6 Å². The van der Waals surface area contributed by atoms with Gasteiger partial charge in [-0.25, -0.2) is 0 Å². The van der Waals surface area contributed by atoms with Gasteiger partial charge in [0.15, 0.2) is 0 Å². The van der Waals surface area contributed by atoms with E-state index in [0.29, 0.717) is 6.54 Å². The van der Waals surface area contributed by atoms with E-state index in [2.05, 4.69) is 5.32 Å². The van der Waals surface area contributed by atoms with Gasteiger partial charge in [0, 0.05) is 18.2 Å². The Morgan fingerprint density at radius 3 is 3.25 bits per heavy atom. The number of rotatable bonds is 1. The first kappa shape index (κ1) is 7.40. The van der Waals surface area contributed by atoms with Crippen LogP contribution in [0.4, 0.5) is 0 Å². The highest BCUT2D eigenvalue weighted by Gasteiger charge is 2.36. The SMILES string of the molecule is O=C(O)C1CNC2=CC=CCC21. The highest BCUT2D eigenvalue weighted by atomic mass is 16.4. The molecule has 0 amide bonds. The summed E-state index contributed by atoms with van der Waals surface area (Å²) in [5.74, 6) is -0.736. The lowest BCUT2D eigenvalue weighted by Crippen LogP contribution is -2.21. The van der Waals surface area contributed by atoms with E-state index in [4.69, 9.17) is 5.11 Å². The molecular weight excluding hydrogens is 154 g/mol. The topological polar surface area (TPSA) is 49.3 Å². The number of carboxylic acids is 1. The first-order chi connectivity index (χ1) is 5.79. The summed E-state index contributed by atoms with van der Waals surface area (Å²) < 4.78 is 0. The Kier molecular flexibility index (Phi) is 1.64. The molecule has 0 aromatic heterocycles. The minimum absolute atomic E-state index is 0.187. The number of hydrogen-bond donors (Lipinski definition) is 2. The van der Waals surface area contributed by atoms with E-state index < -0.39 is 5.97 Å². The number of aliphatic carboxylic acids is 1. The van der Waals surface area contributed by atoms with Crippen LogP contribution in [-0.2, 0) is 4.79 Å². The van der Waals surface area contributed by atoms with Crippen LogP contribution in [0.15, 0.2) is 23.9 Å². The standard InChI is InChI=1S/C9H11NO2/c11-9(12)7-5-10-8-4-2-1-3-6(7)8/h1-2,4,6-7,10H,3,5H2,(H,11,12). The Morgan fingerprint density at radius 2 is 2.50 bits per heavy atom. The molecular formula is C9H11NO2. The van der Waals surface area contributed by atoms with Crippen LogP contribution >= 0.6 is 0 Å². The van der Waals surface area contributed by atoms with Crippen molar-refractivity contribution in [3.05, 3.63) is 23.9 Å². The Morgan fingerprint density at radius 1 is 1.67 bits per heavy atom. The highest BCUT2D eigenvalue weighted by molar-refractivity contribution is 5.72. The van der Waals surface area contributed by atoms with Crippen LogP contribution in [0, 0.1) is 11.8 Å². The number of carboxylic acid groups (broad SMARTS) is 1. The fourth-order valence-corrected chi connectivity index (χ4v) is 1.85. The molecule has 2 unspecified atom stereocenters. The van der Waals surface area contributed by atoms with Crippen molar-refractivity contribution in [2.75, 3.05) is 6.54 Å². The van der Waals surface area contributed by atoms with Crippen molar-refractivity contribution in [1.29, 1.82) is 0 Å². The average molecular weight is 165 g/mol. The second kappa shape index (κ2) is 2.66. The molecule has 0 bridgehead atoms. The predicted octanol–water partition coefficient (Wildman–Crippen LogP) is 0.750. The Labute approximate surface area is 70.8 Å². The summed E-state index contributed by atoms with van der Waals surface area (Å²) >= 11 is 0. The summed E-state index contributed by atoms with van der Waals surface area (Å²) in [4.78, 5) is 10.8. The summed E-state index contributed by atoms with van der Waals surface area (Å²) in [6.45, 7) is 0.577. The molecule has 1 aliphatic heterocycles. The third-order valence-corrected chi connectivity index (χ3v) is 2.53. The maximum atomic E-state index is 10.8. The summed E-state index contributed by atoms with van der Waals surface area (Å²) in [6.07, 6.45) is 6.83. The molecule has 1 heterocycles. The van der Waals surface area contributed by atoms with E-state index in [0.717, 1.165) is 12.1 Å². The molecule has 0 spiro atoms. The van der Waals surface area contributed by atoms with Crippen LogP contribution < -0.4 is 5.32 Å². The normalized spacial score (nSPS) is 32.2. The van der Waals surface area contributed by atoms with Crippen molar-refractivity contribution in [2.45, 2.75) is 6.42 Å². The molecule has 1 saturated heterocycles. The Hall–Kier alpha value is -1.25. The van der Waals surface area contributed by atoms with Crippen molar-refractivity contribution in [3.63, 3.8) is 0 Å². The lowest BCUT2D eigenvalue weighted by atomic mass is 9.88. The molecule has 0 saturated carbocycles. The van der Waals surface area contributed by atoms with Crippen LogP contribution in [0.2, 0.25) is 0 Å². The van der Waals surface area contributed by atoms with Gasteiger partial charge in [-0.2, -0.15) is 0 Å². The van der Waals surface area contributed by atoms with Crippen molar-refractivity contribution in [2.24, 2.45) is 11.8 Å². The zero-order valence-electron chi connectivity index (χ0n) is 6.66. The number of nitrogens with one attached hydrogen (secondary N) is 1. The van der Waals surface area contributed by atoms with Crippen LogP contribution in [0.25, 0.3) is 0 Å². The van der Waals surface area contributed by atoms with Gasteiger partial charge in [-0.15, -0.1) is 0 Å². The zero-order chi connectivity index (χ0) is 8.55. The molecule has 12 heavy (non-hydrogen) atoms. The van der Waals surface area contributed by atoms with Gasteiger partial charge in [0.25, 0.3) is 0 Å². The lowest BCUT2D eigenvalue weighted by Gasteiger charge is -2.15. The second-order valence-corrected chi connectivity index (χ2v) is 3.22. The lowest BCUT2D eigenvalue weighted by molar-refractivity contribution is -0.142. The van der Waals surface area contributed by atoms with E-state index in [1.807, 2.05) is 18.2 Å². The van der Waals surface area contributed by atoms with Gasteiger partial charge in [0.05, 0.1) is 5.92 Å². The largest absolute Gasteiger partial charge is 0.481 e. The molecule has 0 aromatic rings. The molecule has 64 valence electrons. The van der Waals surface area contributed by atoms with Crippen molar-refractivity contribution < 1.29 is 9.90 Å². The quantitative estimate of drug-likeness (QED) is 0.602. The Balaban J connectivity index is 2.20. The fraction of sp³-hybridized carbons (Fsp3) is 0.444. The van der Waals surface area contributed by atoms with Gasteiger partial charge in [0.1, 0.15) is 0 Å². The van der Waals surface area contributed by atoms with Gasteiger partial charge < -0.3 is 10.4 Å². The van der Waals surface area contributed by atoms with E-state index >= 15 is 0 Å². The fourth-order valence-electron chi connectivity index (χ4n) is 1.85. The van der Waals surface area contributed by atoms with Gasteiger partial charge in [-0.1, -0.05) is 12.2 Å². The molecule has 2 aliphatic rings. The maximum Gasteiger partial charge on any atom is 0.308 e. The minimum Gasteiger partial charge on any atom is -0.481 e. The zero-order valence-corrected chi connectivity index (χ0v) is 6.66. The average Bonchev–Trinajstić information content (AvgIpc) is 2.47. The second-order valence-electron chi connectivity index (χ2n) is 3.22. The van der Waals surface area contributed by atoms with Gasteiger partial charge >= 0.3 is 5.97 Å². The molecule has 3 nitrogen and oxygen atoms in total. The van der Waals surface area contributed by atoms with E-state index in [-0.39, 0.29) is 11.8 Å². The van der Waals surface area contributed by atoms with Gasteiger partial charge in [0.2, 0.25) is 0 Å². The molecule has 2 N–H and O–H groups in total. The number of hydrogen-bond acceptors (Lipinski definition) is 2. The van der Waals surface area contributed by atoms with Gasteiger partial charge in [-0.3, -0.25) is 4.79 Å². The maximum absolute atomic E-state index is 10.8. The molecule has 0 aromatic carbocycles. The smallest absolute Gasteiger partial charge is 0.308 e. The van der Waals surface area contributed by atoms with Crippen molar-refractivity contribution in [3.8, 4) is 0 Å². The molecule has 2 atom stereocenters. The van der Waals surface area contributed by atoms with E-state index in [9.17, 15) is 4.79 Å². The molecule has 1 fully saturated rings. The molecule has 0 radical (unpaired) electrons. The minimum atomic E-state index is -0.689. The van der Waals surface area contributed by atoms with E-state index in [1.54, 1.807) is 0 Å². The third kappa shape index (κ3) is 1.02. The van der Waals surface area contributed by atoms with E-state index in [1.165, 1.54) is 0 Å². The monoisotopic (exact) mass is 165 g/mol. The highest BCUT2D eigenvalue weighted by Crippen LogP contribution is 2.31. The van der Waals surface area contributed by atoms with Crippen LogP contribution in [0.5, 0.6) is 0 Å². The third-order valence-electron chi connectivity index (χ3n) is 2.53. The van der Waals surface area contributed by atoms with Crippen LogP contribution in [0.1, 0.15) is 6.42 Å². The molecule has 3 heteroatoms. The summed E-state index contributed by atoms with van der Waals surface area (Å²) in [6, 6.07) is 0. The number of allylic oxidation sites excluding steroid dienone is 4. The number of fused-ring (bicyclic) bond motifs is 1. The summed E-state index contributed by atoms with van der Waals surface area (Å²) in [5, 5.41) is 12.0. The Bertz CT molecular complexity index is 268.